The van der Waals surface area contributed by atoms with E-state index in [9.17, 15) is 12.8 Å². The topological polar surface area (TPSA) is 87.7 Å². The van der Waals surface area contributed by atoms with Crippen LogP contribution in [0.4, 0.5) is 4.39 Å². The van der Waals surface area contributed by atoms with Crippen LogP contribution in [-0.2, 0) is 10.0 Å². The summed E-state index contributed by atoms with van der Waals surface area (Å²) in [5.41, 5.74) is 4.20. The smallest absolute Gasteiger partial charge is 0.249 e. The summed E-state index contributed by atoms with van der Waals surface area (Å²) in [5, 5.41) is 7.10. The van der Waals surface area contributed by atoms with Crippen LogP contribution in [0.15, 0.2) is 58.9 Å². The Labute approximate surface area is 171 Å². The van der Waals surface area contributed by atoms with Crippen LogP contribution in [0.1, 0.15) is 5.69 Å². The number of thiophene rings is 1. The second-order valence-corrected chi connectivity index (χ2v) is 9.54. The number of aryl methyl sites for hydroxylation is 1. The van der Waals surface area contributed by atoms with E-state index in [1.165, 1.54) is 19.2 Å². The molecule has 0 saturated heterocycles. The molecule has 0 aliphatic heterocycles. The first-order valence-electron chi connectivity index (χ1n) is 8.70. The van der Waals surface area contributed by atoms with Gasteiger partial charge in [0.2, 0.25) is 10.0 Å². The van der Waals surface area contributed by atoms with E-state index in [0.717, 1.165) is 39.5 Å². The molecule has 148 valence electrons. The van der Waals surface area contributed by atoms with E-state index >= 15 is 0 Å². The molecule has 9 heteroatoms. The van der Waals surface area contributed by atoms with Crippen LogP contribution in [0.3, 0.4) is 0 Å². The van der Waals surface area contributed by atoms with Gasteiger partial charge in [-0.25, -0.2) is 17.5 Å². The van der Waals surface area contributed by atoms with Gasteiger partial charge in [-0.2, -0.15) is 5.10 Å². The third-order valence-electron chi connectivity index (χ3n) is 4.44. The third-order valence-corrected chi connectivity index (χ3v) is 7.47. The lowest BCUT2D eigenvalue weighted by molar-refractivity contribution is 0.590. The van der Waals surface area contributed by atoms with Crippen LogP contribution >= 0.6 is 11.3 Å². The fraction of sp³-hybridized carbons (Fsp3) is 0.100. The van der Waals surface area contributed by atoms with E-state index in [1.54, 1.807) is 24.4 Å². The Morgan fingerprint density at radius 3 is 2.69 bits per heavy atom. The minimum Gasteiger partial charge on any atom is -0.276 e. The molecule has 0 aliphatic rings. The SMILES string of the molecule is CNS(=O)(=O)c1ccc(-c2cc(-c3cn[nH]c3-c3cccc(C)n3)ccc2F)s1. The minimum atomic E-state index is -3.58. The van der Waals surface area contributed by atoms with E-state index < -0.39 is 15.8 Å². The molecule has 6 nitrogen and oxygen atoms in total. The summed E-state index contributed by atoms with van der Waals surface area (Å²) in [6.45, 7) is 1.91. The summed E-state index contributed by atoms with van der Waals surface area (Å²) in [6, 6.07) is 13.5. The number of aromatic nitrogens is 3. The number of rotatable bonds is 5. The van der Waals surface area contributed by atoms with E-state index in [2.05, 4.69) is 19.9 Å². The molecule has 0 aliphatic carbocycles. The summed E-state index contributed by atoms with van der Waals surface area (Å²) < 4.78 is 41.0. The van der Waals surface area contributed by atoms with Crippen LogP contribution in [-0.4, -0.2) is 30.6 Å². The van der Waals surface area contributed by atoms with Crippen molar-refractivity contribution in [3.8, 4) is 33.0 Å². The lowest BCUT2D eigenvalue weighted by Crippen LogP contribution is -2.17. The summed E-state index contributed by atoms with van der Waals surface area (Å²) in [5.74, 6) is -0.428. The molecular weight excluding hydrogens is 411 g/mol. The van der Waals surface area contributed by atoms with Gasteiger partial charge >= 0.3 is 0 Å². The van der Waals surface area contributed by atoms with Gasteiger partial charge in [0.05, 0.1) is 17.6 Å². The first kappa shape index (κ1) is 19.4. The standard InChI is InChI=1S/C20H17FN4O2S2/c1-12-4-3-5-17(24-12)20-15(11-23-25-20)13-6-7-16(21)14(10-13)18-8-9-19(28-18)29(26,27)22-2/h3-11,22H,1-2H3,(H,23,25). The van der Waals surface area contributed by atoms with Gasteiger partial charge in [-0.05, 0) is 55.9 Å². The number of pyridine rings is 1. The predicted octanol–water partition coefficient (Wildman–Crippen LogP) is 4.22. The maximum Gasteiger partial charge on any atom is 0.249 e. The number of nitrogens with one attached hydrogen (secondary N) is 2. The highest BCUT2D eigenvalue weighted by atomic mass is 32.2. The van der Waals surface area contributed by atoms with Crippen molar-refractivity contribution in [2.75, 3.05) is 7.05 Å². The fourth-order valence-electron chi connectivity index (χ4n) is 2.97. The van der Waals surface area contributed by atoms with Crippen molar-refractivity contribution < 1.29 is 12.8 Å². The number of aromatic amines is 1. The fourth-order valence-corrected chi connectivity index (χ4v) is 5.14. The van der Waals surface area contributed by atoms with E-state index in [0.29, 0.717) is 10.4 Å². The summed E-state index contributed by atoms with van der Waals surface area (Å²) in [6.07, 6.45) is 1.67. The van der Waals surface area contributed by atoms with Crippen molar-refractivity contribution in [1.82, 2.24) is 19.9 Å². The molecule has 0 amide bonds. The van der Waals surface area contributed by atoms with Crippen molar-refractivity contribution in [3.05, 3.63) is 66.2 Å². The number of hydrogen-bond acceptors (Lipinski definition) is 5. The molecule has 0 unspecified atom stereocenters. The Kier molecular flexibility index (Phi) is 5.03. The van der Waals surface area contributed by atoms with Crippen LogP contribution < -0.4 is 4.72 Å². The van der Waals surface area contributed by atoms with Gasteiger partial charge in [-0.1, -0.05) is 12.1 Å². The first-order valence-corrected chi connectivity index (χ1v) is 11.0. The number of benzene rings is 1. The molecule has 3 heterocycles. The number of hydrogen-bond donors (Lipinski definition) is 2. The predicted molar refractivity (Wildman–Crippen MR) is 112 cm³/mol. The zero-order valence-corrected chi connectivity index (χ0v) is 17.2. The van der Waals surface area contributed by atoms with E-state index in [4.69, 9.17) is 0 Å². The molecule has 0 radical (unpaired) electrons. The average molecular weight is 429 g/mol. The maximum atomic E-state index is 14.6. The zero-order chi connectivity index (χ0) is 20.6. The zero-order valence-electron chi connectivity index (χ0n) is 15.6. The number of nitrogens with zero attached hydrogens (tertiary/aromatic N) is 2. The summed E-state index contributed by atoms with van der Waals surface area (Å²) >= 11 is 1.01. The van der Waals surface area contributed by atoms with Crippen molar-refractivity contribution in [2.45, 2.75) is 11.1 Å². The third kappa shape index (κ3) is 3.71. The number of sulfonamides is 1. The van der Waals surface area contributed by atoms with Gasteiger partial charge < -0.3 is 0 Å². The largest absolute Gasteiger partial charge is 0.276 e. The molecule has 0 fully saturated rings. The van der Waals surface area contributed by atoms with E-state index in [1.807, 2.05) is 25.1 Å². The quantitative estimate of drug-likeness (QED) is 0.498. The number of halogens is 1. The molecule has 0 saturated carbocycles. The molecule has 4 aromatic rings. The van der Waals surface area contributed by atoms with Gasteiger partial charge in [0, 0.05) is 21.7 Å². The Morgan fingerprint density at radius 2 is 1.93 bits per heavy atom. The van der Waals surface area contributed by atoms with Gasteiger partial charge in [-0.3, -0.25) is 10.1 Å². The Bertz CT molecular complexity index is 1300. The monoisotopic (exact) mass is 428 g/mol. The van der Waals surface area contributed by atoms with Gasteiger partial charge in [-0.15, -0.1) is 11.3 Å². The maximum absolute atomic E-state index is 14.6. The average Bonchev–Trinajstić information content (AvgIpc) is 3.39. The van der Waals surface area contributed by atoms with Crippen molar-refractivity contribution >= 4 is 21.4 Å². The second kappa shape index (κ2) is 7.51. The van der Waals surface area contributed by atoms with Crippen LogP contribution in [0.5, 0.6) is 0 Å². The molecule has 0 atom stereocenters. The Balaban J connectivity index is 1.79. The normalized spacial score (nSPS) is 11.7. The lowest BCUT2D eigenvalue weighted by Gasteiger charge is -2.07. The summed E-state index contributed by atoms with van der Waals surface area (Å²) in [4.78, 5) is 5.05. The highest BCUT2D eigenvalue weighted by Gasteiger charge is 2.18. The second-order valence-electron chi connectivity index (χ2n) is 6.34. The summed E-state index contributed by atoms with van der Waals surface area (Å²) in [7, 11) is -2.23. The van der Waals surface area contributed by atoms with Crippen LogP contribution in [0.25, 0.3) is 33.0 Å². The molecular formula is C20H17FN4O2S2. The van der Waals surface area contributed by atoms with Crippen molar-refractivity contribution in [2.24, 2.45) is 0 Å². The van der Waals surface area contributed by atoms with E-state index in [-0.39, 0.29) is 4.21 Å². The first-order chi connectivity index (χ1) is 13.9. The van der Waals surface area contributed by atoms with Crippen LogP contribution in [0.2, 0.25) is 0 Å². The Hall–Kier alpha value is -2.88. The molecule has 3 aromatic heterocycles. The molecule has 2 N–H and O–H groups in total. The minimum absolute atomic E-state index is 0.132. The molecule has 0 spiro atoms. The highest BCUT2D eigenvalue weighted by Crippen LogP contribution is 2.36. The van der Waals surface area contributed by atoms with Crippen LogP contribution in [0, 0.1) is 12.7 Å². The molecule has 0 bridgehead atoms. The van der Waals surface area contributed by atoms with Gasteiger partial charge in [0.15, 0.2) is 0 Å². The molecule has 4 rings (SSSR count). The highest BCUT2D eigenvalue weighted by molar-refractivity contribution is 7.91. The molecule has 29 heavy (non-hydrogen) atoms. The number of H-pyrrole nitrogens is 1. The lowest BCUT2D eigenvalue weighted by atomic mass is 10.0. The van der Waals surface area contributed by atoms with Crippen molar-refractivity contribution in [3.63, 3.8) is 0 Å². The van der Waals surface area contributed by atoms with Gasteiger partial charge in [0.25, 0.3) is 0 Å². The molecule has 1 aromatic carbocycles. The Morgan fingerprint density at radius 1 is 1.10 bits per heavy atom. The van der Waals surface area contributed by atoms with Gasteiger partial charge in [0.1, 0.15) is 10.0 Å². The van der Waals surface area contributed by atoms with Crippen molar-refractivity contribution in [1.29, 1.82) is 0 Å².